The van der Waals surface area contributed by atoms with Crippen LogP contribution in [0.1, 0.15) is 16.8 Å². The molecule has 18 heavy (non-hydrogen) atoms. The zero-order valence-corrected chi connectivity index (χ0v) is 10.6. The highest BCUT2D eigenvalue weighted by molar-refractivity contribution is 5.97. The van der Waals surface area contributed by atoms with E-state index in [1.165, 1.54) is 0 Å². The highest BCUT2D eigenvalue weighted by Crippen LogP contribution is 2.17. The van der Waals surface area contributed by atoms with Crippen LogP contribution in [0.4, 0.5) is 0 Å². The first-order chi connectivity index (χ1) is 8.72. The van der Waals surface area contributed by atoms with Crippen molar-refractivity contribution in [2.75, 3.05) is 33.4 Å². The third-order valence-electron chi connectivity index (χ3n) is 3.39. The standard InChI is InChI=1S/C14H19NO3/c1-18-13-4-2-3-12(7-13)14(17)9-15-6-5-11(8-15)10-16/h2-4,7,11,16H,5-6,8-10H2,1H3. The third kappa shape index (κ3) is 3.09. The Morgan fingerprint density at radius 2 is 2.39 bits per heavy atom. The summed E-state index contributed by atoms with van der Waals surface area (Å²) in [6, 6.07) is 7.23. The number of carbonyl (C=O) groups excluding carboxylic acids is 1. The van der Waals surface area contributed by atoms with E-state index in [0.29, 0.717) is 23.8 Å². The second-order valence-electron chi connectivity index (χ2n) is 4.73. The van der Waals surface area contributed by atoms with E-state index < -0.39 is 0 Å². The Hall–Kier alpha value is -1.39. The molecule has 0 aliphatic carbocycles. The Labute approximate surface area is 107 Å². The molecule has 0 saturated carbocycles. The maximum atomic E-state index is 12.1. The number of hydrogen-bond donors (Lipinski definition) is 1. The number of benzene rings is 1. The first-order valence-electron chi connectivity index (χ1n) is 6.23. The number of aliphatic hydroxyl groups excluding tert-OH is 1. The minimum absolute atomic E-state index is 0.104. The van der Waals surface area contributed by atoms with Crippen LogP contribution in [0.5, 0.6) is 5.75 Å². The normalized spacial score (nSPS) is 20.0. The first kappa shape index (κ1) is 13.1. The summed E-state index contributed by atoms with van der Waals surface area (Å²) in [5.74, 6) is 1.13. The molecule has 0 amide bonds. The molecule has 1 N–H and O–H groups in total. The molecule has 1 heterocycles. The van der Waals surface area contributed by atoms with Crippen LogP contribution in [0.25, 0.3) is 0 Å². The predicted molar refractivity (Wildman–Crippen MR) is 69.0 cm³/mol. The van der Waals surface area contributed by atoms with Crippen LogP contribution in [0, 0.1) is 5.92 Å². The fraction of sp³-hybridized carbons (Fsp3) is 0.500. The van der Waals surface area contributed by atoms with Gasteiger partial charge in [0.15, 0.2) is 5.78 Å². The van der Waals surface area contributed by atoms with E-state index in [2.05, 4.69) is 4.90 Å². The predicted octanol–water partition coefficient (Wildman–Crippen LogP) is 1.19. The molecule has 0 bridgehead atoms. The average molecular weight is 249 g/mol. The lowest BCUT2D eigenvalue weighted by atomic mass is 10.1. The molecule has 1 unspecified atom stereocenters. The maximum absolute atomic E-state index is 12.1. The monoisotopic (exact) mass is 249 g/mol. The molecule has 0 aromatic heterocycles. The lowest BCUT2D eigenvalue weighted by Crippen LogP contribution is -2.28. The zero-order chi connectivity index (χ0) is 13.0. The molecule has 98 valence electrons. The molecule has 4 heteroatoms. The molecule has 1 aromatic rings. The Kier molecular flexibility index (Phi) is 4.33. The van der Waals surface area contributed by atoms with Gasteiger partial charge in [-0.3, -0.25) is 9.69 Å². The number of ketones is 1. The first-order valence-corrected chi connectivity index (χ1v) is 6.23. The van der Waals surface area contributed by atoms with Crippen LogP contribution in [-0.2, 0) is 0 Å². The van der Waals surface area contributed by atoms with Crippen molar-refractivity contribution in [3.05, 3.63) is 29.8 Å². The van der Waals surface area contributed by atoms with Gasteiger partial charge in [0.2, 0.25) is 0 Å². The van der Waals surface area contributed by atoms with Gasteiger partial charge in [-0.05, 0) is 31.0 Å². The molecule has 0 radical (unpaired) electrons. The van der Waals surface area contributed by atoms with Crippen molar-refractivity contribution in [1.29, 1.82) is 0 Å². The van der Waals surface area contributed by atoms with Gasteiger partial charge in [-0.2, -0.15) is 0 Å². The summed E-state index contributed by atoms with van der Waals surface area (Å²) in [4.78, 5) is 14.2. The number of rotatable bonds is 5. The van der Waals surface area contributed by atoms with Gasteiger partial charge in [-0.1, -0.05) is 12.1 Å². The van der Waals surface area contributed by atoms with E-state index in [4.69, 9.17) is 9.84 Å². The van der Waals surface area contributed by atoms with Gasteiger partial charge in [0.1, 0.15) is 5.75 Å². The van der Waals surface area contributed by atoms with Crippen molar-refractivity contribution in [2.24, 2.45) is 5.92 Å². The van der Waals surface area contributed by atoms with Gasteiger partial charge in [-0.15, -0.1) is 0 Å². The zero-order valence-electron chi connectivity index (χ0n) is 10.6. The number of hydrogen-bond acceptors (Lipinski definition) is 4. The second kappa shape index (κ2) is 5.98. The second-order valence-corrected chi connectivity index (χ2v) is 4.73. The lowest BCUT2D eigenvalue weighted by Gasteiger charge is -2.14. The summed E-state index contributed by atoms with van der Waals surface area (Å²) in [6.45, 7) is 2.33. The SMILES string of the molecule is COc1cccc(C(=O)CN2CCC(CO)C2)c1. The molecule has 4 nitrogen and oxygen atoms in total. The third-order valence-corrected chi connectivity index (χ3v) is 3.39. The molecular weight excluding hydrogens is 230 g/mol. The molecule has 2 rings (SSSR count). The molecule has 1 fully saturated rings. The number of nitrogens with zero attached hydrogens (tertiary/aromatic N) is 1. The van der Waals surface area contributed by atoms with Crippen LogP contribution in [0.3, 0.4) is 0 Å². The average Bonchev–Trinajstić information content (AvgIpc) is 2.86. The number of likely N-dealkylation sites (tertiary alicyclic amines) is 1. The lowest BCUT2D eigenvalue weighted by molar-refractivity contribution is 0.0940. The minimum atomic E-state index is 0.104. The van der Waals surface area contributed by atoms with Crippen LogP contribution in [0.2, 0.25) is 0 Å². The number of ether oxygens (including phenoxy) is 1. The van der Waals surface area contributed by atoms with E-state index >= 15 is 0 Å². The summed E-state index contributed by atoms with van der Waals surface area (Å²) < 4.78 is 5.11. The van der Waals surface area contributed by atoms with Crippen molar-refractivity contribution < 1.29 is 14.6 Å². The van der Waals surface area contributed by atoms with Gasteiger partial charge in [-0.25, -0.2) is 0 Å². The van der Waals surface area contributed by atoms with Crippen LogP contribution in [-0.4, -0.2) is 49.1 Å². The fourth-order valence-corrected chi connectivity index (χ4v) is 2.30. The van der Waals surface area contributed by atoms with Crippen LogP contribution >= 0.6 is 0 Å². The highest BCUT2D eigenvalue weighted by Gasteiger charge is 2.23. The smallest absolute Gasteiger partial charge is 0.176 e. The van der Waals surface area contributed by atoms with E-state index in [9.17, 15) is 4.79 Å². The summed E-state index contributed by atoms with van der Waals surface area (Å²) in [5, 5.41) is 9.08. The van der Waals surface area contributed by atoms with Crippen molar-refractivity contribution in [3.63, 3.8) is 0 Å². The van der Waals surface area contributed by atoms with Crippen LogP contribution in [0.15, 0.2) is 24.3 Å². The number of carbonyl (C=O) groups is 1. The summed E-state index contributed by atoms with van der Waals surface area (Å²) in [7, 11) is 1.59. The van der Waals surface area contributed by atoms with Gasteiger partial charge < -0.3 is 9.84 Å². The Morgan fingerprint density at radius 3 is 3.06 bits per heavy atom. The Morgan fingerprint density at radius 1 is 1.56 bits per heavy atom. The van der Waals surface area contributed by atoms with E-state index in [-0.39, 0.29) is 12.4 Å². The molecule has 1 saturated heterocycles. The van der Waals surface area contributed by atoms with Crippen molar-refractivity contribution in [2.45, 2.75) is 6.42 Å². The molecule has 1 aliphatic heterocycles. The Balaban J connectivity index is 1.95. The molecular formula is C14H19NO3. The molecule has 1 aliphatic rings. The largest absolute Gasteiger partial charge is 0.497 e. The number of Topliss-reactive ketones (excluding diaryl/α,β-unsaturated/α-hetero) is 1. The summed E-state index contributed by atoms with van der Waals surface area (Å²) in [5.41, 5.74) is 0.682. The van der Waals surface area contributed by atoms with E-state index in [1.807, 2.05) is 18.2 Å². The Bertz CT molecular complexity index is 419. The fourth-order valence-electron chi connectivity index (χ4n) is 2.30. The summed E-state index contributed by atoms with van der Waals surface area (Å²) in [6.07, 6.45) is 0.974. The molecule has 1 atom stereocenters. The number of methoxy groups -OCH3 is 1. The quantitative estimate of drug-likeness (QED) is 0.796. The summed E-state index contributed by atoms with van der Waals surface area (Å²) >= 11 is 0. The van der Waals surface area contributed by atoms with E-state index in [1.54, 1.807) is 13.2 Å². The number of aliphatic hydroxyl groups is 1. The van der Waals surface area contributed by atoms with Crippen molar-refractivity contribution >= 4 is 5.78 Å². The minimum Gasteiger partial charge on any atom is -0.497 e. The van der Waals surface area contributed by atoms with E-state index in [0.717, 1.165) is 19.5 Å². The molecule has 1 aromatic carbocycles. The highest BCUT2D eigenvalue weighted by atomic mass is 16.5. The van der Waals surface area contributed by atoms with Crippen LogP contribution < -0.4 is 4.74 Å². The van der Waals surface area contributed by atoms with Gasteiger partial charge in [0.25, 0.3) is 0 Å². The topological polar surface area (TPSA) is 49.8 Å². The van der Waals surface area contributed by atoms with Gasteiger partial charge in [0, 0.05) is 18.7 Å². The van der Waals surface area contributed by atoms with Crippen molar-refractivity contribution in [3.8, 4) is 5.75 Å². The maximum Gasteiger partial charge on any atom is 0.176 e. The van der Waals surface area contributed by atoms with Crippen molar-refractivity contribution in [1.82, 2.24) is 4.90 Å². The molecule has 0 spiro atoms. The van der Waals surface area contributed by atoms with Gasteiger partial charge in [0.05, 0.1) is 13.7 Å². The van der Waals surface area contributed by atoms with Gasteiger partial charge >= 0.3 is 0 Å².